The maximum Gasteiger partial charge on any atom is 0.266 e. The van der Waals surface area contributed by atoms with Crippen LogP contribution >= 0.6 is 11.6 Å². The van der Waals surface area contributed by atoms with Gasteiger partial charge in [0.25, 0.3) is 5.91 Å². The van der Waals surface area contributed by atoms with E-state index >= 15 is 0 Å². The molecule has 0 aliphatic heterocycles. The van der Waals surface area contributed by atoms with Crippen LogP contribution in [-0.2, 0) is 4.79 Å². The summed E-state index contributed by atoms with van der Waals surface area (Å²) in [6, 6.07) is 8.98. The minimum absolute atomic E-state index is 0.0940. The third-order valence-electron chi connectivity index (χ3n) is 2.54. The summed E-state index contributed by atoms with van der Waals surface area (Å²) in [5, 5.41) is 11.4. The van der Waals surface area contributed by atoms with Gasteiger partial charge in [-0.25, -0.2) is 4.39 Å². The van der Waals surface area contributed by atoms with E-state index in [1.807, 2.05) is 6.07 Å². The number of rotatable bonds is 3. The van der Waals surface area contributed by atoms with Gasteiger partial charge in [-0.1, -0.05) is 17.7 Å². The third-order valence-corrected chi connectivity index (χ3v) is 2.83. The molecule has 2 aromatic rings. The Kier molecular flexibility index (Phi) is 4.64. The van der Waals surface area contributed by atoms with Crippen molar-refractivity contribution in [2.24, 2.45) is 0 Å². The van der Waals surface area contributed by atoms with Crippen molar-refractivity contribution in [1.82, 2.24) is 4.98 Å². The zero-order chi connectivity index (χ0) is 15.2. The molecule has 2 rings (SSSR count). The second-order valence-electron chi connectivity index (χ2n) is 4.04. The molecule has 0 fully saturated rings. The van der Waals surface area contributed by atoms with Crippen molar-refractivity contribution < 1.29 is 9.18 Å². The van der Waals surface area contributed by atoms with E-state index in [2.05, 4.69) is 10.3 Å². The largest absolute Gasteiger partial charge is 0.321 e. The minimum atomic E-state index is -0.607. The Hall–Kier alpha value is -2.71. The van der Waals surface area contributed by atoms with Crippen molar-refractivity contribution in [2.75, 3.05) is 5.32 Å². The zero-order valence-corrected chi connectivity index (χ0v) is 11.4. The zero-order valence-electron chi connectivity index (χ0n) is 10.7. The molecule has 0 saturated heterocycles. The SMILES string of the molecule is N#C/C(=C\c1cccnc1)C(=O)Nc1ccc(F)c(Cl)c1. The smallest absolute Gasteiger partial charge is 0.266 e. The summed E-state index contributed by atoms with van der Waals surface area (Å²) in [6.45, 7) is 0. The first-order valence-electron chi connectivity index (χ1n) is 5.88. The molecule has 4 nitrogen and oxygen atoms in total. The van der Waals surface area contributed by atoms with Crippen molar-refractivity contribution in [3.63, 3.8) is 0 Å². The molecule has 0 atom stereocenters. The van der Waals surface area contributed by atoms with Gasteiger partial charge < -0.3 is 5.32 Å². The van der Waals surface area contributed by atoms with Gasteiger partial charge in [-0.2, -0.15) is 5.26 Å². The summed E-state index contributed by atoms with van der Waals surface area (Å²) < 4.78 is 13.0. The molecule has 1 N–H and O–H groups in total. The third kappa shape index (κ3) is 3.88. The molecule has 0 spiro atoms. The van der Waals surface area contributed by atoms with Crippen molar-refractivity contribution in [3.05, 3.63) is 64.7 Å². The van der Waals surface area contributed by atoms with Crippen LogP contribution in [0.1, 0.15) is 5.56 Å². The van der Waals surface area contributed by atoms with Crippen LogP contribution in [0.5, 0.6) is 0 Å². The number of carbonyl (C=O) groups is 1. The lowest BCUT2D eigenvalue weighted by Crippen LogP contribution is -2.13. The molecule has 1 amide bonds. The van der Waals surface area contributed by atoms with Crippen LogP contribution < -0.4 is 5.32 Å². The number of halogens is 2. The van der Waals surface area contributed by atoms with E-state index in [9.17, 15) is 9.18 Å². The van der Waals surface area contributed by atoms with Crippen LogP contribution in [0.4, 0.5) is 10.1 Å². The number of anilines is 1. The number of hydrogen-bond donors (Lipinski definition) is 1. The molecular formula is C15H9ClFN3O. The van der Waals surface area contributed by atoms with Gasteiger partial charge in [0.15, 0.2) is 0 Å². The number of nitriles is 1. The highest BCUT2D eigenvalue weighted by Gasteiger charge is 2.10. The Morgan fingerprint density at radius 3 is 2.86 bits per heavy atom. The molecule has 104 valence electrons. The Labute approximate surface area is 125 Å². The fourth-order valence-corrected chi connectivity index (χ4v) is 1.73. The second-order valence-corrected chi connectivity index (χ2v) is 4.45. The van der Waals surface area contributed by atoms with Crippen LogP contribution in [0, 0.1) is 17.1 Å². The van der Waals surface area contributed by atoms with Gasteiger partial charge in [0.05, 0.1) is 5.02 Å². The molecule has 1 aromatic carbocycles. The highest BCUT2D eigenvalue weighted by molar-refractivity contribution is 6.31. The van der Waals surface area contributed by atoms with Crippen LogP contribution in [0.25, 0.3) is 6.08 Å². The van der Waals surface area contributed by atoms with Gasteiger partial charge >= 0.3 is 0 Å². The fraction of sp³-hybridized carbons (Fsp3) is 0. The van der Waals surface area contributed by atoms with E-state index in [0.717, 1.165) is 6.07 Å². The lowest BCUT2D eigenvalue weighted by molar-refractivity contribution is -0.112. The maximum absolute atomic E-state index is 13.0. The molecule has 6 heteroatoms. The van der Waals surface area contributed by atoms with E-state index in [-0.39, 0.29) is 10.6 Å². The van der Waals surface area contributed by atoms with Gasteiger partial charge in [0.1, 0.15) is 17.5 Å². The molecule has 21 heavy (non-hydrogen) atoms. The number of benzene rings is 1. The molecule has 0 aliphatic carbocycles. The normalized spacial score (nSPS) is 10.8. The number of nitrogens with zero attached hydrogens (tertiary/aromatic N) is 2. The number of carbonyl (C=O) groups excluding carboxylic acids is 1. The average Bonchev–Trinajstić information content (AvgIpc) is 2.49. The van der Waals surface area contributed by atoms with Crippen molar-refractivity contribution in [2.45, 2.75) is 0 Å². The summed E-state index contributed by atoms with van der Waals surface area (Å²) in [4.78, 5) is 15.9. The lowest BCUT2D eigenvalue weighted by Gasteiger charge is -2.05. The van der Waals surface area contributed by atoms with E-state index in [1.54, 1.807) is 18.3 Å². The van der Waals surface area contributed by atoms with Crippen molar-refractivity contribution in [3.8, 4) is 6.07 Å². The van der Waals surface area contributed by atoms with E-state index < -0.39 is 11.7 Å². The second kappa shape index (κ2) is 6.64. The fourth-order valence-electron chi connectivity index (χ4n) is 1.55. The van der Waals surface area contributed by atoms with Gasteiger partial charge in [0, 0.05) is 18.1 Å². The lowest BCUT2D eigenvalue weighted by atomic mass is 10.1. The van der Waals surface area contributed by atoms with Crippen molar-refractivity contribution >= 4 is 29.3 Å². The molecule has 0 aliphatic rings. The van der Waals surface area contributed by atoms with E-state index in [4.69, 9.17) is 16.9 Å². The monoisotopic (exact) mass is 301 g/mol. The average molecular weight is 302 g/mol. The summed E-state index contributed by atoms with van der Waals surface area (Å²) in [5.74, 6) is -1.19. The molecule has 1 heterocycles. The Bertz CT molecular complexity index is 738. The van der Waals surface area contributed by atoms with Gasteiger partial charge in [-0.3, -0.25) is 9.78 Å². The first kappa shape index (κ1) is 14.7. The number of aromatic nitrogens is 1. The number of amides is 1. The summed E-state index contributed by atoms with van der Waals surface area (Å²) in [6.07, 6.45) is 4.52. The summed E-state index contributed by atoms with van der Waals surface area (Å²) >= 11 is 5.63. The summed E-state index contributed by atoms with van der Waals surface area (Å²) in [5.41, 5.74) is 0.837. The highest BCUT2D eigenvalue weighted by Crippen LogP contribution is 2.20. The Balaban J connectivity index is 2.20. The van der Waals surface area contributed by atoms with E-state index in [1.165, 1.54) is 24.4 Å². The minimum Gasteiger partial charge on any atom is -0.321 e. The van der Waals surface area contributed by atoms with Gasteiger partial charge in [-0.05, 0) is 35.9 Å². The molecule has 1 aromatic heterocycles. The topological polar surface area (TPSA) is 65.8 Å². The maximum atomic E-state index is 13.0. The molecule has 0 unspecified atom stereocenters. The number of nitrogens with one attached hydrogen (secondary N) is 1. The molecule has 0 radical (unpaired) electrons. The predicted molar refractivity (Wildman–Crippen MR) is 77.9 cm³/mol. The Morgan fingerprint density at radius 1 is 1.43 bits per heavy atom. The van der Waals surface area contributed by atoms with Crippen LogP contribution in [0.15, 0.2) is 48.3 Å². The predicted octanol–water partition coefficient (Wildman–Crippen LogP) is 3.42. The summed E-state index contributed by atoms with van der Waals surface area (Å²) in [7, 11) is 0. The molecule has 0 bridgehead atoms. The van der Waals surface area contributed by atoms with Gasteiger partial charge in [0.2, 0.25) is 0 Å². The molecule has 0 saturated carbocycles. The number of pyridine rings is 1. The number of hydrogen-bond acceptors (Lipinski definition) is 3. The first-order valence-corrected chi connectivity index (χ1v) is 6.26. The molecular weight excluding hydrogens is 293 g/mol. The first-order chi connectivity index (χ1) is 10.1. The quantitative estimate of drug-likeness (QED) is 0.698. The van der Waals surface area contributed by atoms with Crippen LogP contribution in [0.3, 0.4) is 0 Å². The standard InChI is InChI=1S/C15H9ClFN3O/c16-13-7-12(3-4-14(13)17)20-15(21)11(8-18)6-10-2-1-5-19-9-10/h1-7,9H,(H,20,21)/b11-6+. The van der Waals surface area contributed by atoms with Crippen LogP contribution in [-0.4, -0.2) is 10.9 Å². The van der Waals surface area contributed by atoms with Crippen molar-refractivity contribution in [1.29, 1.82) is 5.26 Å². The van der Waals surface area contributed by atoms with Gasteiger partial charge in [-0.15, -0.1) is 0 Å². The highest BCUT2D eigenvalue weighted by atomic mass is 35.5. The Morgan fingerprint density at radius 2 is 2.24 bits per heavy atom. The van der Waals surface area contributed by atoms with Crippen LogP contribution in [0.2, 0.25) is 5.02 Å². The van der Waals surface area contributed by atoms with E-state index in [0.29, 0.717) is 11.3 Å².